The fourth-order valence-electron chi connectivity index (χ4n) is 4.43. The molecule has 1 aliphatic rings. The molecule has 1 unspecified atom stereocenters. The second-order valence-electron chi connectivity index (χ2n) is 8.13. The molecule has 5 heterocycles. The van der Waals surface area contributed by atoms with Gasteiger partial charge in [-0.2, -0.15) is 5.10 Å². The van der Waals surface area contributed by atoms with E-state index in [2.05, 4.69) is 11.9 Å². The molecule has 0 radical (unpaired) electrons. The summed E-state index contributed by atoms with van der Waals surface area (Å²) >= 11 is 0. The van der Waals surface area contributed by atoms with E-state index in [0.717, 1.165) is 59.3 Å². The Morgan fingerprint density at radius 2 is 2.16 bits per heavy atom. The fraction of sp³-hybridized carbons (Fsp3) is 0.375. The first kappa shape index (κ1) is 20.5. The highest BCUT2D eigenvalue weighted by atomic mass is 16.5. The molecular formula is C24H27N5O3. The summed E-state index contributed by atoms with van der Waals surface area (Å²) in [4.78, 5) is 9.16. The number of aromatic nitrogens is 5. The number of hydrogen-bond acceptors (Lipinski definition) is 6. The lowest BCUT2D eigenvalue weighted by Gasteiger charge is -2.09. The molecule has 1 atom stereocenters. The van der Waals surface area contributed by atoms with Crippen molar-refractivity contribution in [2.75, 3.05) is 13.7 Å². The fourth-order valence-corrected chi connectivity index (χ4v) is 4.43. The molecule has 8 nitrogen and oxygen atoms in total. The third-order valence-corrected chi connectivity index (χ3v) is 6.11. The van der Waals surface area contributed by atoms with E-state index in [0.29, 0.717) is 18.1 Å². The minimum absolute atomic E-state index is 0.166. The number of aryl methyl sites for hydroxylation is 2. The predicted octanol–water partition coefficient (Wildman–Crippen LogP) is 4.05. The zero-order valence-corrected chi connectivity index (χ0v) is 18.6. The van der Waals surface area contributed by atoms with E-state index in [9.17, 15) is 5.11 Å². The summed E-state index contributed by atoms with van der Waals surface area (Å²) in [5, 5.41) is 16.7. The Morgan fingerprint density at radius 3 is 2.91 bits per heavy atom. The van der Waals surface area contributed by atoms with E-state index >= 15 is 0 Å². The lowest BCUT2D eigenvalue weighted by Crippen LogP contribution is -2.15. The van der Waals surface area contributed by atoms with Crippen LogP contribution < -0.4 is 4.74 Å². The monoisotopic (exact) mass is 433 g/mol. The van der Waals surface area contributed by atoms with Crippen LogP contribution in [0.5, 0.6) is 11.6 Å². The topological polar surface area (TPSA) is 87.2 Å². The van der Waals surface area contributed by atoms with Crippen molar-refractivity contribution in [2.45, 2.75) is 45.8 Å². The Labute approximate surface area is 186 Å². The van der Waals surface area contributed by atoms with Gasteiger partial charge in [-0.1, -0.05) is 6.92 Å². The number of hydrogen-bond donors (Lipinski definition) is 1. The molecule has 0 bridgehead atoms. The zero-order chi connectivity index (χ0) is 22.2. The molecule has 0 aromatic carbocycles. The lowest BCUT2D eigenvalue weighted by molar-refractivity contribution is 0.0940. The Morgan fingerprint density at radius 1 is 1.28 bits per heavy atom. The van der Waals surface area contributed by atoms with Crippen LogP contribution in [-0.4, -0.2) is 49.2 Å². The van der Waals surface area contributed by atoms with E-state index < -0.39 is 0 Å². The standard InChI is InChI=1S/C24H27N5O3/c1-4-16-11-20(17-10-19(31-3)13-25-12-17)26-23-15(2)29(24(30)22(16)23)21-7-8-28(27-21)14-18-6-5-9-32-18/h7-8,10-13,18,30H,4-6,9,14H2,1-3H3. The largest absolute Gasteiger partial charge is 0.495 e. The van der Waals surface area contributed by atoms with E-state index in [1.54, 1.807) is 24.1 Å². The molecule has 0 amide bonds. The molecule has 0 spiro atoms. The van der Waals surface area contributed by atoms with Crippen molar-refractivity contribution in [1.82, 2.24) is 24.3 Å². The number of rotatable bonds is 6. The van der Waals surface area contributed by atoms with Crippen LogP contribution in [0.4, 0.5) is 0 Å². The van der Waals surface area contributed by atoms with E-state index in [4.69, 9.17) is 19.6 Å². The van der Waals surface area contributed by atoms with Crippen LogP contribution in [0.3, 0.4) is 0 Å². The SMILES string of the molecule is CCc1cc(-c2cncc(OC)c2)nc2c(C)n(-c3ccn(CC4CCCO4)n3)c(O)c12. The van der Waals surface area contributed by atoms with Crippen molar-refractivity contribution >= 4 is 10.9 Å². The highest BCUT2D eigenvalue weighted by molar-refractivity contribution is 5.93. The molecule has 8 heteroatoms. The molecule has 166 valence electrons. The van der Waals surface area contributed by atoms with E-state index in [1.807, 2.05) is 36.0 Å². The van der Waals surface area contributed by atoms with Gasteiger partial charge in [0.15, 0.2) is 5.82 Å². The summed E-state index contributed by atoms with van der Waals surface area (Å²) in [7, 11) is 1.62. The number of fused-ring (bicyclic) bond motifs is 1. The zero-order valence-electron chi connectivity index (χ0n) is 18.6. The van der Waals surface area contributed by atoms with Gasteiger partial charge in [-0.25, -0.2) is 4.98 Å². The molecule has 4 aromatic heterocycles. The van der Waals surface area contributed by atoms with Gasteiger partial charge in [0.25, 0.3) is 0 Å². The number of methoxy groups -OCH3 is 1. The number of aromatic hydroxyl groups is 1. The summed E-state index contributed by atoms with van der Waals surface area (Å²) in [6.07, 6.45) is 8.49. The predicted molar refractivity (Wildman–Crippen MR) is 121 cm³/mol. The van der Waals surface area contributed by atoms with Gasteiger partial charge in [0.2, 0.25) is 5.88 Å². The molecule has 0 aliphatic carbocycles. The molecule has 0 saturated carbocycles. The summed E-state index contributed by atoms with van der Waals surface area (Å²) in [6, 6.07) is 5.84. The van der Waals surface area contributed by atoms with Gasteiger partial charge in [0, 0.05) is 30.6 Å². The molecule has 1 fully saturated rings. The van der Waals surface area contributed by atoms with E-state index in [1.165, 1.54) is 0 Å². The van der Waals surface area contributed by atoms with Crippen molar-refractivity contribution in [1.29, 1.82) is 0 Å². The van der Waals surface area contributed by atoms with Crippen LogP contribution in [-0.2, 0) is 17.7 Å². The van der Waals surface area contributed by atoms with Gasteiger partial charge < -0.3 is 14.6 Å². The van der Waals surface area contributed by atoms with Crippen LogP contribution in [0.25, 0.3) is 28.0 Å². The second kappa shape index (κ2) is 8.27. The van der Waals surface area contributed by atoms with Crippen molar-refractivity contribution in [2.24, 2.45) is 0 Å². The smallest absolute Gasteiger partial charge is 0.207 e. The van der Waals surface area contributed by atoms with Crippen LogP contribution in [0, 0.1) is 6.92 Å². The molecule has 5 rings (SSSR count). The molecular weight excluding hydrogens is 406 g/mol. The van der Waals surface area contributed by atoms with Crippen molar-refractivity contribution in [3.63, 3.8) is 0 Å². The van der Waals surface area contributed by atoms with Crippen molar-refractivity contribution < 1.29 is 14.6 Å². The average Bonchev–Trinajstić information content (AvgIpc) is 3.55. The summed E-state index contributed by atoms with van der Waals surface area (Å²) < 4.78 is 14.7. The Kier molecular flexibility index (Phi) is 5.30. The highest BCUT2D eigenvalue weighted by Gasteiger charge is 2.22. The van der Waals surface area contributed by atoms with Gasteiger partial charge in [0.1, 0.15) is 5.75 Å². The van der Waals surface area contributed by atoms with Gasteiger partial charge in [-0.05, 0) is 43.9 Å². The molecule has 1 N–H and O–H groups in total. The summed E-state index contributed by atoms with van der Waals surface area (Å²) in [5.74, 6) is 1.51. The van der Waals surface area contributed by atoms with Gasteiger partial charge >= 0.3 is 0 Å². The Balaban J connectivity index is 1.60. The van der Waals surface area contributed by atoms with E-state index in [-0.39, 0.29) is 12.0 Å². The summed E-state index contributed by atoms with van der Waals surface area (Å²) in [6.45, 7) is 5.57. The number of nitrogens with zero attached hydrogens (tertiary/aromatic N) is 5. The molecule has 1 aliphatic heterocycles. The molecule has 32 heavy (non-hydrogen) atoms. The average molecular weight is 434 g/mol. The maximum Gasteiger partial charge on any atom is 0.207 e. The van der Waals surface area contributed by atoms with Crippen LogP contribution in [0.1, 0.15) is 31.0 Å². The van der Waals surface area contributed by atoms with Gasteiger partial charge in [0.05, 0.1) is 48.2 Å². The van der Waals surface area contributed by atoms with Gasteiger partial charge in [-0.15, -0.1) is 0 Å². The number of ether oxygens (including phenoxy) is 2. The Hall–Kier alpha value is -3.39. The maximum atomic E-state index is 11.2. The van der Waals surface area contributed by atoms with Gasteiger partial charge in [-0.3, -0.25) is 14.2 Å². The Bertz CT molecular complexity index is 1270. The van der Waals surface area contributed by atoms with Crippen LogP contribution in [0.15, 0.2) is 36.8 Å². The molecule has 4 aromatic rings. The third kappa shape index (κ3) is 3.50. The first-order chi connectivity index (χ1) is 15.6. The first-order valence-electron chi connectivity index (χ1n) is 11.0. The first-order valence-corrected chi connectivity index (χ1v) is 11.0. The van der Waals surface area contributed by atoms with Crippen LogP contribution >= 0.6 is 0 Å². The minimum Gasteiger partial charge on any atom is -0.495 e. The minimum atomic E-state index is 0.166. The van der Waals surface area contributed by atoms with Crippen LogP contribution in [0.2, 0.25) is 0 Å². The van der Waals surface area contributed by atoms with Crippen molar-refractivity contribution in [3.05, 3.63) is 48.0 Å². The molecule has 1 saturated heterocycles. The maximum absolute atomic E-state index is 11.2. The quantitative estimate of drug-likeness (QED) is 0.494. The lowest BCUT2D eigenvalue weighted by atomic mass is 10.0. The third-order valence-electron chi connectivity index (χ3n) is 6.11. The second-order valence-corrected chi connectivity index (χ2v) is 8.13. The number of pyridine rings is 2. The van der Waals surface area contributed by atoms with Crippen molar-refractivity contribution in [3.8, 4) is 28.7 Å². The highest BCUT2D eigenvalue weighted by Crippen LogP contribution is 2.37. The normalized spacial score (nSPS) is 16.2. The summed E-state index contributed by atoms with van der Waals surface area (Å²) in [5.41, 5.74) is 4.28.